The van der Waals surface area contributed by atoms with Crippen LogP contribution in [0.2, 0.25) is 0 Å². The van der Waals surface area contributed by atoms with Crippen molar-refractivity contribution in [1.82, 2.24) is 14.9 Å². The van der Waals surface area contributed by atoms with Gasteiger partial charge in [0.25, 0.3) is 5.91 Å². The van der Waals surface area contributed by atoms with E-state index in [9.17, 15) is 4.79 Å². The standard InChI is InChI=1S/C31H37N3O2/c1-22(2)26-16-13-24(4)21-29(26)36-20-8-7-19-34-28-10-6-5-9-27(28)33-30(34)17-18-32-31(35)25-14-11-23(3)12-15-25/h5-6,9-16,21-22H,7-8,17-20H2,1-4H3,(H,32,35). The van der Waals surface area contributed by atoms with Crippen molar-refractivity contribution in [2.75, 3.05) is 13.2 Å². The molecule has 0 bridgehead atoms. The van der Waals surface area contributed by atoms with Crippen LogP contribution >= 0.6 is 0 Å². The summed E-state index contributed by atoms with van der Waals surface area (Å²) in [5.41, 5.74) is 6.44. The first-order chi connectivity index (χ1) is 17.4. The molecule has 1 amide bonds. The van der Waals surface area contributed by atoms with Crippen LogP contribution in [-0.4, -0.2) is 28.6 Å². The van der Waals surface area contributed by atoms with E-state index in [2.05, 4.69) is 67.1 Å². The Hall–Kier alpha value is -3.60. The third kappa shape index (κ3) is 6.34. The molecule has 0 saturated carbocycles. The van der Waals surface area contributed by atoms with Crippen molar-refractivity contribution in [3.8, 4) is 5.75 Å². The first-order valence-electron chi connectivity index (χ1n) is 12.9. The quantitative estimate of drug-likeness (QED) is 0.244. The number of para-hydroxylation sites is 2. The van der Waals surface area contributed by atoms with E-state index in [1.54, 1.807) is 0 Å². The Labute approximate surface area is 214 Å². The number of hydrogen-bond acceptors (Lipinski definition) is 3. The number of nitrogens with zero attached hydrogens (tertiary/aromatic N) is 2. The summed E-state index contributed by atoms with van der Waals surface area (Å²) in [7, 11) is 0. The van der Waals surface area contributed by atoms with E-state index in [0.29, 0.717) is 31.1 Å². The third-order valence-electron chi connectivity index (χ3n) is 6.51. The second-order valence-corrected chi connectivity index (χ2v) is 9.79. The maximum Gasteiger partial charge on any atom is 0.251 e. The fraction of sp³-hybridized carbons (Fsp3) is 0.355. The maximum absolute atomic E-state index is 12.5. The van der Waals surface area contributed by atoms with Crippen LogP contribution in [0.4, 0.5) is 0 Å². The Morgan fingerprint density at radius 1 is 0.972 bits per heavy atom. The SMILES string of the molecule is Cc1ccc(C(=O)NCCc2nc3ccccc3n2CCCCOc2cc(C)ccc2C(C)C)cc1. The number of hydrogen-bond donors (Lipinski definition) is 1. The lowest BCUT2D eigenvalue weighted by Gasteiger charge is -2.15. The topological polar surface area (TPSA) is 56.2 Å². The molecule has 0 aliphatic carbocycles. The number of imidazole rings is 1. The lowest BCUT2D eigenvalue weighted by molar-refractivity contribution is 0.0954. The largest absolute Gasteiger partial charge is 0.493 e. The highest BCUT2D eigenvalue weighted by Gasteiger charge is 2.12. The van der Waals surface area contributed by atoms with Crippen LogP contribution < -0.4 is 10.1 Å². The van der Waals surface area contributed by atoms with Crippen LogP contribution in [0.1, 0.15) is 65.5 Å². The monoisotopic (exact) mass is 483 g/mol. The fourth-order valence-corrected chi connectivity index (χ4v) is 4.46. The minimum Gasteiger partial charge on any atom is -0.493 e. The number of fused-ring (bicyclic) bond motifs is 1. The van der Waals surface area contributed by atoms with Crippen LogP contribution in [0.15, 0.2) is 66.7 Å². The number of aryl methyl sites for hydroxylation is 3. The second kappa shape index (κ2) is 11.9. The van der Waals surface area contributed by atoms with Crippen molar-refractivity contribution < 1.29 is 9.53 Å². The van der Waals surface area contributed by atoms with Gasteiger partial charge in [0.2, 0.25) is 0 Å². The fourth-order valence-electron chi connectivity index (χ4n) is 4.46. The average molecular weight is 484 g/mol. The molecular formula is C31H37N3O2. The average Bonchev–Trinajstić information content (AvgIpc) is 3.21. The molecule has 0 aliphatic heterocycles. The Morgan fingerprint density at radius 2 is 1.72 bits per heavy atom. The van der Waals surface area contributed by atoms with E-state index in [0.717, 1.165) is 47.6 Å². The van der Waals surface area contributed by atoms with Gasteiger partial charge in [-0.15, -0.1) is 0 Å². The summed E-state index contributed by atoms with van der Waals surface area (Å²) in [5.74, 6) is 2.39. The molecule has 5 nitrogen and oxygen atoms in total. The molecule has 1 aromatic heterocycles. The molecule has 0 spiro atoms. The summed E-state index contributed by atoms with van der Waals surface area (Å²) in [6, 6.07) is 22.4. The van der Waals surface area contributed by atoms with Gasteiger partial charge in [-0.3, -0.25) is 4.79 Å². The molecule has 1 heterocycles. The molecule has 0 saturated heterocycles. The van der Waals surface area contributed by atoms with Crippen LogP contribution in [0.5, 0.6) is 5.75 Å². The van der Waals surface area contributed by atoms with Crippen molar-refractivity contribution in [2.45, 2.75) is 59.4 Å². The molecule has 4 aromatic rings. The summed E-state index contributed by atoms with van der Waals surface area (Å²) >= 11 is 0. The van der Waals surface area contributed by atoms with Gasteiger partial charge in [0.05, 0.1) is 17.6 Å². The van der Waals surface area contributed by atoms with Crippen LogP contribution in [0, 0.1) is 13.8 Å². The van der Waals surface area contributed by atoms with E-state index in [-0.39, 0.29) is 5.91 Å². The third-order valence-corrected chi connectivity index (χ3v) is 6.51. The molecule has 5 heteroatoms. The highest BCUT2D eigenvalue weighted by atomic mass is 16.5. The number of unbranched alkanes of at least 4 members (excludes halogenated alkanes) is 1. The first-order valence-corrected chi connectivity index (χ1v) is 12.9. The van der Waals surface area contributed by atoms with E-state index in [1.807, 2.05) is 37.3 Å². The van der Waals surface area contributed by atoms with Gasteiger partial charge >= 0.3 is 0 Å². The van der Waals surface area contributed by atoms with Crippen molar-refractivity contribution >= 4 is 16.9 Å². The Morgan fingerprint density at radius 3 is 2.50 bits per heavy atom. The number of nitrogens with one attached hydrogen (secondary N) is 1. The zero-order valence-electron chi connectivity index (χ0n) is 21.9. The normalized spacial score (nSPS) is 11.2. The van der Waals surface area contributed by atoms with E-state index < -0.39 is 0 Å². The number of benzene rings is 3. The molecular weight excluding hydrogens is 446 g/mol. The van der Waals surface area contributed by atoms with Gasteiger partial charge < -0.3 is 14.6 Å². The number of aromatic nitrogens is 2. The lowest BCUT2D eigenvalue weighted by atomic mass is 10.0. The summed E-state index contributed by atoms with van der Waals surface area (Å²) in [6.07, 6.45) is 2.64. The van der Waals surface area contributed by atoms with Crippen molar-refractivity contribution in [3.05, 3.63) is 94.8 Å². The van der Waals surface area contributed by atoms with Crippen LogP contribution in [-0.2, 0) is 13.0 Å². The Balaban J connectivity index is 1.34. The minimum absolute atomic E-state index is 0.0493. The number of carbonyl (C=O) groups excluding carboxylic acids is 1. The summed E-state index contributed by atoms with van der Waals surface area (Å²) in [6.45, 7) is 10.6. The molecule has 0 aliphatic rings. The van der Waals surface area contributed by atoms with E-state index in [1.165, 1.54) is 11.1 Å². The molecule has 3 aromatic carbocycles. The molecule has 1 N–H and O–H groups in total. The van der Waals surface area contributed by atoms with Gasteiger partial charge in [-0.05, 0) is 74.1 Å². The highest BCUT2D eigenvalue weighted by molar-refractivity contribution is 5.94. The second-order valence-electron chi connectivity index (χ2n) is 9.79. The van der Waals surface area contributed by atoms with Crippen molar-refractivity contribution in [3.63, 3.8) is 0 Å². The number of ether oxygens (including phenoxy) is 1. The smallest absolute Gasteiger partial charge is 0.251 e. The van der Waals surface area contributed by atoms with E-state index in [4.69, 9.17) is 9.72 Å². The number of carbonyl (C=O) groups is 1. The van der Waals surface area contributed by atoms with Crippen LogP contribution in [0.25, 0.3) is 11.0 Å². The van der Waals surface area contributed by atoms with Crippen molar-refractivity contribution in [2.24, 2.45) is 0 Å². The van der Waals surface area contributed by atoms with Gasteiger partial charge in [-0.1, -0.05) is 55.8 Å². The molecule has 0 fully saturated rings. The Bertz CT molecular complexity index is 1310. The van der Waals surface area contributed by atoms with E-state index >= 15 is 0 Å². The maximum atomic E-state index is 12.5. The van der Waals surface area contributed by atoms with Gasteiger partial charge in [0.15, 0.2) is 0 Å². The van der Waals surface area contributed by atoms with Gasteiger partial charge in [0, 0.05) is 25.1 Å². The Kier molecular flexibility index (Phi) is 8.42. The molecule has 36 heavy (non-hydrogen) atoms. The zero-order valence-corrected chi connectivity index (χ0v) is 21.9. The molecule has 0 radical (unpaired) electrons. The summed E-state index contributed by atoms with van der Waals surface area (Å²) < 4.78 is 8.48. The first kappa shape index (κ1) is 25.5. The predicted molar refractivity (Wildman–Crippen MR) is 147 cm³/mol. The predicted octanol–water partition coefficient (Wildman–Crippen LogP) is 6.61. The molecule has 0 unspecified atom stereocenters. The number of rotatable bonds is 11. The zero-order chi connectivity index (χ0) is 25.5. The highest BCUT2D eigenvalue weighted by Crippen LogP contribution is 2.27. The van der Waals surface area contributed by atoms with Gasteiger partial charge in [-0.2, -0.15) is 0 Å². The van der Waals surface area contributed by atoms with Gasteiger partial charge in [-0.25, -0.2) is 4.98 Å². The number of amides is 1. The van der Waals surface area contributed by atoms with Crippen molar-refractivity contribution in [1.29, 1.82) is 0 Å². The lowest BCUT2D eigenvalue weighted by Crippen LogP contribution is -2.26. The van der Waals surface area contributed by atoms with Crippen LogP contribution in [0.3, 0.4) is 0 Å². The minimum atomic E-state index is -0.0493. The summed E-state index contributed by atoms with van der Waals surface area (Å²) in [4.78, 5) is 17.4. The summed E-state index contributed by atoms with van der Waals surface area (Å²) in [5, 5.41) is 3.04. The molecule has 4 rings (SSSR count). The molecule has 188 valence electrons. The van der Waals surface area contributed by atoms with Gasteiger partial charge in [0.1, 0.15) is 11.6 Å². The molecule has 0 atom stereocenters.